The van der Waals surface area contributed by atoms with Crippen LogP contribution >= 0.6 is 8.58 Å². The second-order valence-electron chi connectivity index (χ2n) is 3.78. The van der Waals surface area contributed by atoms with E-state index in [2.05, 4.69) is 13.8 Å². The Labute approximate surface area is 66.6 Å². The van der Waals surface area contributed by atoms with Crippen LogP contribution < -0.4 is 0 Å². The molecule has 1 fully saturated rings. The van der Waals surface area contributed by atoms with Gasteiger partial charge < -0.3 is 0 Å². The molecule has 1 aliphatic carbocycles. The minimum Gasteiger partial charge on any atom is -0.119 e. The van der Waals surface area contributed by atoms with Crippen molar-refractivity contribution in [2.24, 2.45) is 5.92 Å². The summed E-state index contributed by atoms with van der Waals surface area (Å²) in [6.45, 7) is 4.67. The lowest BCUT2D eigenvalue weighted by Gasteiger charge is -2.10. The summed E-state index contributed by atoms with van der Waals surface area (Å²) in [5.74, 6) is 0.930. The van der Waals surface area contributed by atoms with E-state index in [4.69, 9.17) is 0 Å². The van der Waals surface area contributed by atoms with Gasteiger partial charge >= 0.3 is 0 Å². The normalized spacial score (nSPS) is 21.9. The molecule has 1 heteroatoms. The lowest BCUT2D eigenvalue weighted by molar-refractivity contribution is 0.740. The SMILES string of the molecule is CC(C)CPC1CCCC1. The highest BCUT2D eigenvalue weighted by molar-refractivity contribution is 7.38. The van der Waals surface area contributed by atoms with E-state index in [0.29, 0.717) is 0 Å². The van der Waals surface area contributed by atoms with Crippen LogP contribution in [-0.2, 0) is 0 Å². The van der Waals surface area contributed by atoms with Crippen molar-refractivity contribution < 1.29 is 0 Å². The van der Waals surface area contributed by atoms with Crippen LogP contribution in [0.5, 0.6) is 0 Å². The molecule has 0 aromatic heterocycles. The molecule has 0 nitrogen and oxygen atoms in total. The molecule has 60 valence electrons. The molecule has 1 rings (SSSR count). The first-order chi connectivity index (χ1) is 4.79. The lowest BCUT2D eigenvalue weighted by atomic mass is 10.3. The molecule has 0 aromatic rings. The monoisotopic (exact) mass is 158 g/mol. The lowest BCUT2D eigenvalue weighted by Crippen LogP contribution is -1.97. The second-order valence-corrected chi connectivity index (χ2v) is 5.42. The van der Waals surface area contributed by atoms with Crippen LogP contribution in [0.25, 0.3) is 0 Å². The van der Waals surface area contributed by atoms with Crippen LogP contribution in [0.15, 0.2) is 0 Å². The predicted octanol–water partition coefficient (Wildman–Crippen LogP) is 3.26. The summed E-state index contributed by atoms with van der Waals surface area (Å²) in [6, 6.07) is 0. The van der Waals surface area contributed by atoms with Gasteiger partial charge in [-0.15, -0.1) is 8.58 Å². The van der Waals surface area contributed by atoms with Gasteiger partial charge in [0.25, 0.3) is 0 Å². The first-order valence-corrected chi connectivity index (χ1v) is 5.81. The molecular formula is C9H19P. The van der Waals surface area contributed by atoms with Crippen LogP contribution in [0.3, 0.4) is 0 Å². The highest BCUT2D eigenvalue weighted by Crippen LogP contribution is 2.34. The van der Waals surface area contributed by atoms with Gasteiger partial charge in [-0.1, -0.05) is 26.7 Å². The summed E-state index contributed by atoms with van der Waals surface area (Å²) < 4.78 is 0. The van der Waals surface area contributed by atoms with Gasteiger partial charge in [0.1, 0.15) is 0 Å². The van der Waals surface area contributed by atoms with Gasteiger partial charge in [-0.3, -0.25) is 0 Å². The molecule has 0 spiro atoms. The van der Waals surface area contributed by atoms with E-state index in [-0.39, 0.29) is 0 Å². The van der Waals surface area contributed by atoms with Gasteiger partial charge in [0.05, 0.1) is 0 Å². The third-order valence-electron chi connectivity index (χ3n) is 2.17. The van der Waals surface area contributed by atoms with Crippen LogP contribution in [-0.4, -0.2) is 11.8 Å². The van der Waals surface area contributed by atoms with E-state index in [9.17, 15) is 0 Å². The first kappa shape index (κ1) is 8.53. The Morgan fingerprint density at radius 2 is 1.90 bits per heavy atom. The summed E-state index contributed by atoms with van der Waals surface area (Å²) in [5.41, 5.74) is 1.13. The fourth-order valence-corrected chi connectivity index (χ4v) is 3.15. The van der Waals surface area contributed by atoms with E-state index >= 15 is 0 Å². The molecule has 1 atom stereocenters. The zero-order chi connectivity index (χ0) is 7.40. The number of hydrogen-bond donors (Lipinski definition) is 0. The quantitative estimate of drug-likeness (QED) is 0.553. The van der Waals surface area contributed by atoms with Crippen molar-refractivity contribution in [1.82, 2.24) is 0 Å². The minimum atomic E-state index is 0.930. The van der Waals surface area contributed by atoms with Crippen molar-refractivity contribution in [3.05, 3.63) is 0 Å². The molecule has 0 bridgehead atoms. The fraction of sp³-hybridized carbons (Fsp3) is 1.00. The molecule has 0 aromatic carbocycles. The van der Waals surface area contributed by atoms with Gasteiger partial charge in [0.15, 0.2) is 0 Å². The molecule has 0 aliphatic heterocycles. The van der Waals surface area contributed by atoms with Gasteiger partial charge in [0.2, 0.25) is 0 Å². The topological polar surface area (TPSA) is 0 Å². The Bertz CT molecular complexity index is 82.7. The predicted molar refractivity (Wildman–Crippen MR) is 50.3 cm³/mol. The Morgan fingerprint density at radius 1 is 1.30 bits per heavy atom. The van der Waals surface area contributed by atoms with Crippen molar-refractivity contribution in [2.75, 3.05) is 6.16 Å². The largest absolute Gasteiger partial charge is 0.119 e. The third kappa shape index (κ3) is 3.01. The van der Waals surface area contributed by atoms with E-state index in [0.717, 1.165) is 11.6 Å². The average molecular weight is 158 g/mol. The van der Waals surface area contributed by atoms with Gasteiger partial charge in [-0.05, 0) is 30.6 Å². The van der Waals surface area contributed by atoms with E-state index in [1.54, 1.807) is 0 Å². The average Bonchev–Trinajstić information content (AvgIpc) is 2.34. The van der Waals surface area contributed by atoms with Crippen molar-refractivity contribution in [3.8, 4) is 0 Å². The number of rotatable bonds is 3. The first-order valence-electron chi connectivity index (χ1n) is 4.52. The summed E-state index contributed by atoms with van der Waals surface area (Å²) in [4.78, 5) is 0. The second kappa shape index (κ2) is 4.34. The molecule has 0 saturated heterocycles. The fourth-order valence-electron chi connectivity index (χ4n) is 1.53. The summed E-state index contributed by atoms with van der Waals surface area (Å²) >= 11 is 0. The zero-order valence-corrected chi connectivity index (χ0v) is 8.19. The third-order valence-corrected chi connectivity index (χ3v) is 4.38. The Morgan fingerprint density at radius 3 is 2.40 bits per heavy atom. The zero-order valence-electron chi connectivity index (χ0n) is 7.19. The van der Waals surface area contributed by atoms with Crippen molar-refractivity contribution in [1.29, 1.82) is 0 Å². The Hall–Kier alpha value is 0.430. The highest BCUT2D eigenvalue weighted by atomic mass is 31.1. The van der Waals surface area contributed by atoms with Gasteiger partial charge in [0, 0.05) is 0 Å². The van der Waals surface area contributed by atoms with Crippen LogP contribution in [0.1, 0.15) is 39.5 Å². The van der Waals surface area contributed by atoms with E-state index < -0.39 is 0 Å². The maximum atomic E-state index is 2.34. The molecule has 1 unspecified atom stereocenters. The van der Waals surface area contributed by atoms with Crippen LogP contribution in [0.2, 0.25) is 0 Å². The number of hydrogen-bond acceptors (Lipinski definition) is 0. The van der Waals surface area contributed by atoms with Gasteiger partial charge in [-0.2, -0.15) is 0 Å². The molecule has 1 aliphatic rings. The maximum Gasteiger partial charge on any atom is -0.0237 e. The van der Waals surface area contributed by atoms with Crippen molar-refractivity contribution in [2.45, 2.75) is 45.2 Å². The Kier molecular flexibility index (Phi) is 3.70. The van der Waals surface area contributed by atoms with Crippen molar-refractivity contribution in [3.63, 3.8) is 0 Å². The van der Waals surface area contributed by atoms with Crippen LogP contribution in [0, 0.1) is 5.92 Å². The summed E-state index contributed by atoms with van der Waals surface area (Å²) in [7, 11) is 1.27. The molecule has 1 saturated carbocycles. The summed E-state index contributed by atoms with van der Waals surface area (Å²) in [6.07, 6.45) is 7.56. The Balaban J connectivity index is 2.01. The van der Waals surface area contributed by atoms with Gasteiger partial charge in [-0.25, -0.2) is 0 Å². The molecule has 0 amide bonds. The standard InChI is InChI=1S/C9H19P/c1-8(2)7-10-9-5-3-4-6-9/h8-10H,3-7H2,1-2H3. The smallest absolute Gasteiger partial charge is 0.0237 e. The van der Waals surface area contributed by atoms with Crippen LogP contribution in [0.4, 0.5) is 0 Å². The van der Waals surface area contributed by atoms with Crippen molar-refractivity contribution >= 4 is 8.58 Å². The molecule has 0 heterocycles. The van der Waals surface area contributed by atoms with E-state index in [1.165, 1.54) is 40.4 Å². The molecule has 10 heavy (non-hydrogen) atoms. The summed E-state index contributed by atoms with van der Waals surface area (Å²) in [5, 5.41) is 0. The van der Waals surface area contributed by atoms with E-state index in [1.807, 2.05) is 0 Å². The minimum absolute atomic E-state index is 0.930. The molecule has 0 radical (unpaired) electrons. The molecular weight excluding hydrogens is 139 g/mol. The molecule has 0 N–H and O–H groups in total. The maximum absolute atomic E-state index is 2.34. The highest BCUT2D eigenvalue weighted by Gasteiger charge is 2.14.